The lowest BCUT2D eigenvalue weighted by Gasteiger charge is -2.18. The molecule has 0 bridgehead atoms. The van der Waals surface area contributed by atoms with Crippen LogP contribution in [-0.4, -0.2) is 27.4 Å². The summed E-state index contributed by atoms with van der Waals surface area (Å²) in [6, 6.07) is 0. The smallest absolute Gasteiger partial charge is 0.303 e. The number of unbranched alkanes of at least 4 members (excludes halogenated alkanes) is 1. The number of carboxylic acid groups (broad SMARTS) is 1. The lowest BCUT2D eigenvalue weighted by Crippen LogP contribution is -2.18. The fraction of sp³-hybridized carbons (Fsp3) is 0.706. The van der Waals surface area contributed by atoms with Crippen LogP contribution in [0, 0.1) is 23.7 Å². The third kappa shape index (κ3) is 6.68. The molecule has 0 aromatic carbocycles. The highest BCUT2D eigenvalue weighted by atomic mass is 16.4. The van der Waals surface area contributed by atoms with Crippen molar-refractivity contribution in [3.05, 3.63) is 11.8 Å². The van der Waals surface area contributed by atoms with E-state index in [2.05, 4.69) is 11.8 Å². The Labute approximate surface area is 126 Å². The minimum Gasteiger partial charge on any atom is -0.513 e. The van der Waals surface area contributed by atoms with Crippen molar-refractivity contribution in [3.63, 3.8) is 0 Å². The quantitative estimate of drug-likeness (QED) is 0.382. The molecule has 4 heteroatoms. The Hall–Kier alpha value is -1.47. The maximum Gasteiger partial charge on any atom is 0.303 e. The predicted molar refractivity (Wildman–Crippen MR) is 81.7 cm³/mol. The molecule has 1 fully saturated rings. The maximum atomic E-state index is 10.4. The van der Waals surface area contributed by atoms with Crippen molar-refractivity contribution in [1.29, 1.82) is 0 Å². The van der Waals surface area contributed by atoms with E-state index in [0.717, 1.165) is 19.3 Å². The molecule has 1 aliphatic carbocycles. The summed E-state index contributed by atoms with van der Waals surface area (Å²) >= 11 is 0. The van der Waals surface area contributed by atoms with Gasteiger partial charge in [0.05, 0.1) is 11.9 Å². The van der Waals surface area contributed by atoms with Gasteiger partial charge < -0.3 is 15.3 Å². The number of hydrogen-bond acceptors (Lipinski definition) is 3. The zero-order chi connectivity index (χ0) is 15.7. The summed E-state index contributed by atoms with van der Waals surface area (Å²) in [5.41, 5.74) is 0. The molecule has 4 nitrogen and oxygen atoms in total. The van der Waals surface area contributed by atoms with Crippen molar-refractivity contribution in [2.75, 3.05) is 0 Å². The molecule has 0 aromatic heterocycles. The standard InChI is InChI=1S/C17H26O4/c1-2-14(18)11-9-13-10-12-16(19)15(13)7-5-3-4-6-8-17(20)21/h11,13,15-16,18-19H,2,4,6-10,12H2,1H3,(H,20,21). The Morgan fingerprint density at radius 1 is 1.29 bits per heavy atom. The van der Waals surface area contributed by atoms with Crippen LogP contribution in [0.1, 0.15) is 58.3 Å². The van der Waals surface area contributed by atoms with Gasteiger partial charge in [0.2, 0.25) is 0 Å². The van der Waals surface area contributed by atoms with Crippen LogP contribution in [0.4, 0.5) is 0 Å². The zero-order valence-corrected chi connectivity index (χ0v) is 12.7. The molecule has 1 saturated carbocycles. The molecule has 1 rings (SSSR count). The average Bonchev–Trinajstić information content (AvgIpc) is 2.80. The van der Waals surface area contributed by atoms with Crippen LogP contribution in [0.15, 0.2) is 11.8 Å². The predicted octanol–water partition coefficient (Wildman–Crippen LogP) is 3.26. The van der Waals surface area contributed by atoms with Crippen LogP contribution in [0.2, 0.25) is 0 Å². The molecule has 0 aliphatic heterocycles. The van der Waals surface area contributed by atoms with E-state index in [0.29, 0.717) is 37.4 Å². The number of aliphatic carboxylic acids is 1. The third-order valence-corrected chi connectivity index (χ3v) is 4.11. The van der Waals surface area contributed by atoms with Gasteiger partial charge in [0.15, 0.2) is 0 Å². The van der Waals surface area contributed by atoms with Gasteiger partial charge in [0.1, 0.15) is 0 Å². The van der Waals surface area contributed by atoms with E-state index < -0.39 is 5.97 Å². The molecule has 0 spiro atoms. The van der Waals surface area contributed by atoms with Crippen molar-refractivity contribution < 1.29 is 20.1 Å². The van der Waals surface area contributed by atoms with Crippen LogP contribution >= 0.6 is 0 Å². The van der Waals surface area contributed by atoms with Crippen LogP contribution in [0.3, 0.4) is 0 Å². The van der Waals surface area contributed by atoms with E-state index in [4.69, 9.17) is 5.11 Å². The monoisotopic (exact) mass is 294 g/mol. The molecule has 0 amide bonds. The van der Waals surface area contributed by atoms with Crippen LogP contribution in [0.5, 0.6) is 0 Å². The normalized spacial score (nSPS) is 25.4. The summed E-state index contributed by atoms with van der Waals surface area (Å²) in [4.78, 5) is 10.4. The van der Waals surface area contributed by atoms with Crippen LogP contribution in [-0.2, 0) is 4.79 Å². The molecule has 0 saturated heterocycles. The molecule has 3 N–H and O–H groups in total. The second-order valence-corrected chi connectivity index (χ2v) is 5.66. The molecule has 1 aliphatic rings. The molecular weight excluding hydrogens is 268 g/mol. The molecule has 0 aromatic rings. The number of aliphatic hydroxyl groups excluding tert-OH is 2. The molecule has 3 atom stereocenters. The highest BCUT2D eigenvalue weighted by molar-refractivity contribution is 5.66. The van der Waals surface area contributed by atoms with E-state index in [1.54, 1.807) is 0 Å². The SMILES string of the molecule is CCC(O)=CCC1CCC(O)C1CC#CCCCC(=O)O. The lowest BCUT2D eigenvalue weighted by atomic mass is 9.89. The van der Waals surface area contributed by atoms with Gasteiger partial charge in [-0.3, -0.25) is 4.79 Å². The van der Waals surface area contributed by atoms with Crippen molar-refractivity contribution in [2.45, 2.75) is 64.4 Å². The lowest BCUT2D eigenvalue weighted by molar-refractivity contribution is -0.137. The van der Waals surface area contributed by atoms with Gasteiger partial charge in [0, 0.05) is 25.7 Å². The van der Waals surface area contributed by atoms with Crippen molar-refractivity contribution >= 4 is 5.97 Å². The topological polar surface area (TPSA) is 77.8 Å². The Morgan fingerprint density at radius 2 is 2.05 bits per heavy atom. The second kappa shape index (κ2) is 9.46. The van der Waals surface area contributed by atoms with E-state index in [-0.39, 0.29) is 18.4 Å². The van der Waals surface area contributed by atoms with Crippen molar-refractivity contribution in [3.8, 4) is 11.8 Å². The Bertz CT molecular complexity index is 416. The fourth-order valence-electron chi connectivity index (χ4n) is 2.76. The molecule has 21 heavy (non-hydrogen) atoms. The number of hydrogen-bond donors (Lipinski definition) is 3. The van der Waals surface area contributed by atoms with Crippen LogP contribution in [0.25, 0.3) is 0 Å². The molecule has 0 radical (unpaired) electrons. The van der Waals surface area contributed by atoms with Gasteiger partial charge in [-0.15, -0.1) is 11.8 Å². The van der Waals surface area contributed by atoms with Gasteiger partial charge in [-0.1, -0.05) is 6.92 Å². The van der Waals surface area contributed by atoms with E-state index in [1.807, 2.05) is 13.0 Å². The molecule has 0 heterocycles. The number of rotatable bonds is 7. The van der Waals surface area contributed by atoms with Gasteiger partial charge in [-0.25, -0.2) is 0 Å². The molecular formula is C17H26O4. The highest BCUT2D eigenvalue weighted by Crippen LogP contribution is 2.37. The third-order valence-electron chi connectivity index (χ3n) is 4.11. The number of carbonyl (C=O) groups is 1. The van der Waals surface area contributed by atoms with Gasteiger partial charge in [-0.05, 0) is 43.6 Å². The Kier molecular flexibility index (Phi) is 7.92. The first-order valence-electron chi connectivity index (χ1n) is 7.78. The average molecular weight is 294 g/mol. The molecule has 3 unspecified atom stereocenters. The fourth-order valence-corrected chi connectivity index (χ4v) is 2.76. The number of carboxylic acids is 1. The summed E-state index contributed by atoms with van der Waals surface area (Å²) in [5, 5.41) is 28.1. The summed E-state index contributed by atoms with van der Waals surface area (Å²) in [7, 11) is 0. The van der Waals surface area contributed by atoms with E-state index in [9.17, 15) is 15.0 Å². The first-order chi connectivity index (χ1) is 10.0. The van der Waals surface area contributed by atoms with Crippen LogP contribution < -0.4 is 0 Å². The number of allylic oxidation sites excluding steroid dienone is 2. The van der Waals surface area contributed by atoms with Gasteiger partial charge >= 0.3 is 5.97 Å². The minimum atomic E-state index is -0.786. The first kappa shape index (κ1) is 17.6. The summed E-state index contributed by atoms with van der Waals surface area (Å²) in [6.45, 7) is 1.91. The zero-order valence-electron chi connectivity index (χ0n) is 12.7. The summed E-state index contributed by atoms with van der Waals surface area (Å²) in [5.74, 6) is 6.24. The van der Waals surface area contributed by atoms with Crippen molar-refractivity contribution in [1.82, 2.24) is 0 Å². The summed E-state index contributed by atoms with van der Waals surface area (Å²) < 4.78 is 0. The molecule has 118 valence electrons. The van der Waals surface area contributed by atoms with E-state index in [1.165, 1.54) is 0 Å². The Morgan fingerprint density at radius 3 is 2.71 bits per heavy atom. The highest BCUT2D eigenvalue weighted by Gasteiger charge is 2.33. The Balaban J connectivity index is 2.39. The first-order valence-corrected chi connectivity index (χ1v) is 7.78. The minimum absolute atomic E-state index is 0.157. The second-order valence-electron chi connectivity index (χ2n) is 5.66. The van der Waals surface area contributed by atoms with E-state index >= 15 is 0 Å². The van der Waals surface area contributed by atoms with Gasteiger partial charge in [-0.2, -0.15) is 0 Å². The largest absolute Gasteiger partial charge is 0.513 e. The number of aliphatic hydroxyl groups is 2. The van der Waals surface area contributed by atoms with Crippen molar-refractivity contribution in [2.24, 2.45) is 11.8 Å². The summed E-state index contributed by atoms with van der Waals surface area (Å²) in [6.07, 6.45) is 6.74. The maximum absolute atomic E-state index is 10.4. The van der Waals surface area contributed by atoms with Gasteiger partial charge in [0.25, 0.3) is 0 Å².